The molecule has 3 aliphatic carbocycles. The first kappa shape index (κ1) is 41.7. The number of fused-ring (bicyclic) bond motifs is 16. The molecule has 6 aromatic rings. The van der Waals surface area contributed by atoms with E-state index in [4.69, 9.17) is 0 Å². The summed E-state index contributed by atoms with van der Waals surface area (Å²) in [7, 11) is 0. The van der Waals surface area contributed by atoms with E-state index in [9.17, 15) is 0 Å². The van der Waals surface area contributed by atoms with Crippen molar-refractivity contribution >= 4 is 0 Å². The molecule has 0 aromatic heterocycles. The number of hydrogen-bond acceptors (Lipinski definition) is 0. The molecule has 6 aromatic carbocycles. The molecule has 3 aliphatic rings. The smallest absolute Gasteiger partial charge is 0.0683 e. The number of aryl methyl sites for hydroxylation is 1. The molecule has 0 radical (unpaired) electrons. The molecule has 9 rings (SSSR count). The summed E-state index contributed by atoms with van der Waals surface area (Å²) < 4.78 is 0. The minimum Gasteiger partial charge on any atom is -0.0683 e. The molecule has 0 amide bonds. The molecule has 0 atom stereocenters. The Bertz CT molecular complexity index is 1910. The van der Waals surface area contributed by atoms with Crippen molar-refractivity contribution in [1.29, 1.82) is 0 Å². The Hall–Kier alpha value is -4.68. The molecule has 52 heavy (non-hydrogen) atoms. The highest BCUT2D eigenvalue weighted by molar-refractivity contribution is 5.93. The quantitative estimate of drug-likeness (QED) is 0.161. The van der Waals surface area contributed by atoms with Crippen molar-refractivity contribution in [2.45, 2.75) is 107 Å². The van der Waals surface area contributed by atoms with Crippen LogP contribution >= 0.6 is 0 Å². The lowest BCUT2D eigenvalue weighted by Gasteiger charge is -2.49. The van der Waals surface area contributed by atoms with Gasteiger partial charge in [-0.3, -0.25) is 0 Å². The first-order valence-electron chi connectivity index (χ1n) is 20.4. The second-order valence-corrected chi connectivity index (χ2v) is 11.4. The summed E-state index contributed by atoms with van der Waals surface area (Å²) in [6.07, 6.45) is 0.983. The van der Waals surface area contributed by atoms with E-state index in [1.807, 2.05) is 83.1 Å². The molecule has 0 heteroatoms. The van der Waals surface area contributed by atoms with Gasteiger partial charge in [0.2, 0.25) is 0 Å². The van der Waals surface area contributed by atoms with Crippen molar-refractivity contribution in [2.24, 2.45) is 0 Å². The van der Waals surface area contributed by atoms with Crippen LogP contribution in [0.1, 0.15) is 140 Å². The standard InChI is InChI=1S/C40H28.6C2H6/c1-2-26-14-13-25-37-38(26)40(33-21-9-5-17-29(33)30-18-6-10-22-34(30)40)36-24-12-11-23-35(36)39(37)31-19-7-3-15-27(31)28-16-4-8-20-32(28)39;6*1-2/h3-25H,2H2,1H3;6*1-2H3. The van der Waals surface area contributed by atoms with Gasteiger partial charge in [-0.25, -0.2) is 0 Å². The molecule has 0 aliphatic heterocycles. The van der Waals surface area contributed by atoms with E-state index in [-0.39, 0.29) is 10.8 Å². The minimum absolute atomic E-state index is 0.372. The third kappa shape index (κ3) is 5.95. The predicted molar refractivity (Wildman–Crippen MR) is 232 cm³/mol. The van der Waals surface area contributed by atoms with Crippen LogP contribution in [0, 0.1) is 0 Å². The maximum Gasteiger partial charge on any atom is 0.0722 e. The summed E-state index contributed by atoms with van der Waals surface area (Å²) in [4.78, 5) is 0. The Kier molecular flexibility index (Phi) is 15.4. The first-order chi connectivity index (χ1) is 25.8. The lowest BCUT2D eigenvalue weighted by Crippen LogP contribution is -2.44. The van der Waals surface area contributed by atoms with Gasteiger partial charge in [0.05, 0.1) is 10.8 Å². The van der Waals surface area contributed by atoms with Gasteiger partial charge in [0, 0.05) is 0 Å². The predicted octanol–water partition coefficient (Wildman–Crippen LogP) is 15.4. The summed E-state index contributed by atoms with van der Waals surface area (Å²) >= 11 is 0. The van der Waals surface area contributed by atoms with Crippen molar-refractivity contribution in [3.63, 3.8) is 0 Å². The fourth-order valence-corrected chi connectivity index (χ4v) is 8.68. The zero-order valence-corrected chi connectivity index (χ0v) is 34.5. The fraction of sp³-hybridized carbons (Fsp3) is 0.308. The van der Waals surface area contributed by atoms with Crippen molar-refractivity contribution < 1.29 is 0 Å². The largest absolute Gasteiger partial charge is 0.0722 e. The minimum atomic E-state index is -0.373. The molecule has 272 valence electrons. The average molecular weight is 689 g/mol. The Morgan fingerprint density at radius 2 is 0.558 bits per heavy atom. The molecule has 0 N–H and O–H groups in total. The molecule has 0 saturated heterocycles. The van der Waals surface area contributed by atoms with Gasteiger partial charge in [-0.05, 0) is 78.7 Å². The van der Waals surface area contributed by atoms with Gasteiger partial charge in [-0.1, -0.05) is 230 Å². The van der Waals surface area contributed by atoms with Gasteiger partial charge in [0.1, 0.15) is 0 Å². The van der Waals surface area contributed by atoms with Crippen molar-refractivity contribution in [3.05, 3.63) is 190 Å². The molecule has 0 bridgehead atoms. The maximum atomic E-state index is 2.44. The molecular formula is C52H64. The zero-order chi connectivity index (χ0) is 38.5. The summed E-state index contributed by atoms with van der Waals surface area (Å²) in [5.74, 6) is 0. The maximum absolute atomic E-state index is 2.44. The summed E-state index contributed by atoms with van der Waals surface area (Å²) in [5, 5.41) is 0. The molecule has 0 heterocycles. The number of rotatable bonds is 1. The second-order valence-electron chi connectivity index (χ2n) is 11.4. The molecule has 0 unspecified atom stereocenters. The van der Waals surface area contributed by atoms with Gasteiger partial charge in [0.25, 0.3) is 0 Å². The zero-order valence-electron chi connectivity index (χ0n) is 34.5. The molecule has 2 spiro atoms. The van der Waals surface area contributed by atoms with Crippen LogP contribution in [0.3, 0.4) is 0 Å². The monoisotopic (exact) mass is 689 g/mol. The van der Waals surface area contributed by atoms with E-state index in [1.165, 1.54) is 72.3 Å². The van der Waals surface area contributed by atoms with E-state index in [2.05, 4.69) is 146 Å². The Morgan fingerprint density at radius 1 is 0.288 bits per heavy atom. The summed E-state index contributed by atoms with van der Waals surface area (Å²) in [6.45, 7) is 26.3. The van der Waals surface area contributed by atoms with Crippen molar-refractivity contribution in [1.82, 2.24) is 0 Å². The van der Waals surface area contributed by atoms with Crippen LogP contribution in [-0.4, -0.2) is 0 Å². The van der Waals surface area contributed by atoms with Crippen LogP contribution in [0.5, 0.6) is 0 Å². The van der Waals surface area contributed by atoms with E-state index >= 15 is 0 Å². The van der Waals surface area contributed by atoms with Crippen LogP contribution in [0.2, 0.25) is 0 Å². The summed E-state index contributed by atoms with van der Waals surface area (Å²) in [6, 6.07) is 53.0. The van der Waals surface area contributed by atoms with Gasteiger partial charge in [-0.15, -0.1) is 0 Å². The fourth-order valence-electron chi connectivity index (χ4n) is 8.68. The van der Waals surface area contributed by atoms with Crippen LogP contribution in [0.25, 0.3) is 22.3 Å². The Balaban J connectivity index is 0.000000556. The van der Waals surface area contributed by atoms with Crippen molar-refractivity contribution in [3.8, 4) is 22.3 Å². The Morgan fingerprint density at radius 3 is 0.904 bits per heavy atom. The third-order valence-electron chi connectivity index (χ3n) is 9.95. The summed E-state index contributed by atoms with van der Waals surface area (Å²) in [5.41, 5.74) is 17.4. The average Bonchev–Trinajstić information content (AvgIpc) is 3.73. The SMILES string of the molecule is CC.CC.CC.CC.CC.CC.CCc1cccc2c1C1(c3ccccc3-c3ccccc31)c1ccccc1C21c2ccccc2-c2ccccc21. The van der Waals surface area contributed by atoms with Crippen LogP contribution in [0.4, 0.5) is 0 Å². The van der Waals surface area contributed by atoms with Gasteiger partial charge in [0.15, 0.2) is 0 Å². The molecular weight excluding hydrogens is 625 g/mol. The molecule has 0 fully saturated rings. The lowest BCUT2D eigenvalue weighted by atomic mass is 9.51. The van der Waals surface area contributed by atoms with Crippen LogP contribution in [-0.2, 0) is 17.3 Å². The van der Waals surface area contributed by atoms with Gasteiger partial charge < -0.3 is 0 Å². The van der Waals surface area contributed by atoms with Crippen LogP contribution < -0.4 is 0 Å². The van der Waals surface area contributed by atoms with Crippen LogP contribution in [0.15, 0.2) is 140 Å². The highest BCUT2D eigenvalue weighted by atomic mass is 14.6. The van der Waals surface area contributed by atoms with E-state index in [1.54, 1.807) is 0 Å². The van der Waals surface area contributed by atoms with E-state index < -0.39 is 0 Å². The normalized spacial score (nSPS) is 12.7. The number of hydrogen-bond donors (Lipinski definition) is 0. The van der Waals surface area contributed by atoms with Crippen molar-refractivity contribution in [2.75, 3.05) is 0 Å². The lowest BCUT2D eigenvalue weighted by molar-refractivity contribution is 0.626. The van der Waals surface area contributed by atoms with E-state index in [0.29, 0.717) is 0 Å². The molecule has 0 nitrogen and oxygen atoms in total. The van der Waals surface area contributed by atoms with Gasteiger partial charge in [-0.2, -0.15) is 0 Å². The third-order valence-corrected chi connectivity index (χ3v) is 9.95. The second kappa shape index (κ2) is 19.2. The number of benzene rings is 6. The first-order valence-corrected chi connectivity index (χ1v) is 20.4. The highest BCUT2D eigenvalue weighted by Gasteiger charge is 2.59. The Labute approximate surface area is 318 Å². The topological polar surface area (TPSA) is 0 Å². The molecule has 0 saturated carbocycles. The van der Waals surface area contributed by atoms with E-state index in [0.717, 1.165) is 6.42 Å². The highest BCUT2D eigenvalue weighted by Crippen LogP contribution is 2.67. The van der Waals surface area contributed by atoms with Gasteiger partial charge >= 0.3 is 0 Å².